The highest BCUT2D eigenvalue weighted by atomic mass is 19.2. The number of hydrogen-bond donors (Lipinski definition) is 2. The summed E-state index contributed by atoms with van der Waals surface area (Å²) in [6.07, 6.45) is 15.1. The van der Waals surface area contributed by atoms with Crippen LogP contribution in [0.15, 0.2) is 83.4 Å². The lowest BCUT2D eigenvalue weighted by atomic mass is 9.84. The molecule has 12 nitrogen and oxygen atoms in total. The van der Waals surface area contributed by atoms with Crippen LogP contribution in [0.4, 0.5) is 17.6 Å². The van der Waals surface area contributed by atoms with Gasteiger partial charge < -0.3 is 38.8 Å². The molecular formula is C80H118F4N8O4. The quantitative estimate of drug-likeness (QED) is 0.0531. The van der Waals surface area contributed by atoms with Crippen molar-refractivity contribution in [3.05, 3.63) is 142 Å². The van der Waals surface area contributed by atoms with Crippen molar-refractivity contribution >= 4 is 44.9 Å². The second-order valence-corrected chi connectivity index (χ2v) is 28.0. The number of carbonyl (C=O) groups excluding carboxylic acids is 2. The third-order valence-corrected chi connectivity index (χ3v) is 18.6. The molecule has 2 unspecified atom stereocenters. The SMILES string of the molecule is C/C=C(/C(C)=N)c1ccc2c(c1)nc(C(CNCC(C)=O)[C@H](C)CC)n2C1CCN(C(C)C)CC1.CC(C)=O.CC(C)C.CC[C@@H](C)CCC(c1nc2cc(-c3c(C)noc3C)ccc2n1C1CCC(OC)CC1)[C@H](C)CC.Cc1ccc(F)c(F)c1.Cc1ccc(F)c(F)c1. The van der Waals surface area contributed by atoms with E-state index in [4.69, 9.17) is 24.6 Å². The number of nitrogens with one attached hydrogen (secondary N) is 2. The number of imidazole rings is 2. The van der Waals surface area contributed by atoms with E-state index in [1.807, 2.05) is 40.9 Å². The van der Waals surface area contributed by atoms with Gasteiger partial charge in [0.15, 0.2) is 23.3 Å². The first-order valence-electron chi connectivity index (χ1n) is 35.4. The first-order valence-corrected chi connectivity index (χ1v) is 35.4. The van der Waals surface area contributed by atoms with Gasteiger partial charge in [-0.05, 0) is 221 Å². The lowest BCUT2D eigenvalue weighted by molar-refractivity contribution is -0.116. The molecule has 4 aromatic carbocycles. The predicted octanol–water partition coefficient (Wildman–Crippen LogP) is 21.0. The number of likely N-dealkylation sites (tertiary alicyclic amines) is 1. The van der Waals surface area contributed by atoms with Gasteiger partial charge in [0.2, 0.25) is 0 Å². The number of aryl methyl sites for hydroxylation is 4. The highest BCUT2D eigenvalue weighted by molar-refractivity contribution is 6.21. The second-order valence-electron chi connectivity index (χ2n) is 28.0. The molecule has 0 radical (unpaired) electrons. The highest BCUT2D eigenvalue weighted by Gasteiger charge is 2.33. The Kier molecular flexibility index (Phi) is 34.4. The third kappa shape index (κ3) is 24.4. The summed E-state index contributed by atoms with van der Waals surface area (Å²) in [5.41, 5.74) is 11.8. The summed E-state index contributed by atoms with van der Waals surface area (Å²) in [5.74, 6) is 3.82. The number of hydrogen-bond acceptors (Lipinski definition) is 10. The Hall–Kier alpha value is -6.62. The van der Waals surface area contributed by atoms with Gasteiger partial charge in [-0.25, -0.2) is 27.5 Å². The van der Waals surface area contributed by atoms with E-state index in [1.165, 1.54) is 68.5 Å². The molecule has 1 saturated carbocycles. The molecule has 0 spiro atoms. The lowest BCUT2D eigenvalue weighted by Gasteiger charge is -2.37. The fourth-order valence-corrected chi connectivity index (χ4v) is 12.6. The van der Waals surface area contributed by atoms with Gasteiger partial charge in [-0.15, -0.1) is 0 Å². The maximum absolute atomic E-state index is 12.2. The monoisotopic (exact) mass is 1330 g/mol. The topological polar surface area (TPSA) is 144 Å². The van der Waals surface area contributed by atoms with Crippen molar-refractivity contribution in [1.82, 2.24) is 34.5 Å². The molecule has 7 aromatic rings. The van der Waals surface area contributed by atoms with E-state index in [1.54, 1.807) is 20.8 Å². The molecule has 16 heteroatoms. The fraction of sp³-hybridized carbons (Fsp3) is 0.575. The standard InChI is InChI=1S/C30H45N3O2.C29H45N5O.2C7H6F2.C4H10.C3H6O/c1-8-19(3)10-16-26(20(4)9-2)30-31-27-18-23(29-21(5)32-35-22(29)6)11-17-28(27)33(30)24-12-14-25(34-7)15-13-24;1-8-20(5)26(18-31-17-21(6)35)29-32-27-16-23(25(9-2)22(7)30)10-11-28(27)34(29)24-12-14-33(15-13-24)19(3)4;2*1-5-2-3-6(8)7(9)4-5;1-4(2)3;1-3(2)4/h11,17-20,24-26H,8-10,12-16H2,1-7H3;9-11,16,19-20,24,26,30-31H,8,12-15,17-18H2,1-7H3;2*2-4H,1H3;4H,1-3H3;1-2H3/b;25-9-,30-22?;;;;/t19-,20-,24?,25?,26?;20-,26?;;;;/m11..../s1. The molecule has 2 fully saturated rings. The zero-order chi connectivity index (χ0) is 71.7. The molecule has 3 aromatic heterocycles. The summed E-state index contributed by atoms with van der Waals surface area (Å²) < 4.78 is 65.0. The van der Waals surface area contributed by atoms with Crippen LogP contribution in [-0.4, -0.2) is 91.9 Å². The van der Waals surface area contributed by atoms with Crippen molar-refractivity contribution in [3.63, 3.8) is 0 Å². The zero-order valence-electron chi connectivity index (χ0n) is 62.2. The van der Waals surface area contributed by atoms with Gasteiger partial charge in [0.05, 0.1) is 40.4 Å². The fourth-order valence-electron chi connectivity index (χ4n) is 12.6. The number of halogens is 4. The van der Waals surface area contributed by atoms with Crippen molar-refractivity contribution in [2.24, 2.45) is 23.7 Å². The number of ether oxygens (including phenoxy) is 1. The van der Waals surface area contributed by atoms with Gasteiger partial charge in [0, 0.05) is 68.0 Å². The van der Waals surface area contributed by atoms with E-state index in [0.717, 1.165) is 162 Å². The summed E-state index contributed by atoms with van der Waals surface area (Å²) in [6, 6.07) is 22.4. The van der Waals surface area contributed by atoms with E-state index < -0.39 is 23.3 Å². The van der Waals surface area contributed by atoms with Gasteiger partial charge in [0.1, 0.15) is 29.0 Å². The van der Waals surface area contributed by atoms with Gasteiger partial charge in [-0.3, -0.25) is 4.79 Å². The number of ketones is 2. The molecule has 1 aliphatic carbocycles. The minimum absolute atomic E-state index is 0.160. The van der Waals surface area contributed by atoms with Crippen LogP contribution in [0.25, 0.3) is 38.8 Å². The number of aromatic nitrogens is 5. The molecule has 2 aliphatic rings. The maximum atomic E-state index is 12.2. The first kappa shape index (κ1) is 81.8. The minimum Gasteiger partial charge on any atom is -0.381 e. The highest BCUT2D eigenvalue weighted by Crippen LogP contribution is 2.42. The number of allylic oxidation sites excluding steroid dienone is 2. The van der Waals surface area contributed by atoms with Crippen LogP contribution in [0, 0.1) is 80.0 Å². The van der Waals surface area contributed by atoms with E-state index >= 15 is 0 Å². The zero-order valence-corrected chi connectivity index (χ0v) is 62.2. The van der Waals surface area contributed by atoms with E-state index in [2.05, 4.69) is 137 Å². The second kappa shape index (κ2) is 40.3. The molecular weight excluding hydrogens is 1210 g/mol. The number of benzene rings is 4. The number of Topliss-reactive ketones (excluding diaryl/α,β-unsaturated/α-hetero) is 2. The largest absolute Gasteiger partial charge is 0.381 e. The average molecular weight is 1330 g/mol. The molecule has 5 atom stereocenters. The van der Waals surface area contributed by atoms with Crippen molar-refractivity contribution < 1.29 is 36.4 Å². The Balaban J connectivity index is 0.000000297. The Morgan fingerprint density at radius 1 is 0.656 bits per heavy atom. The van der Waals surface area contributed by atoms with Crippen LogP contribution in [0.1, 0.15) is 245 Å². The third-order valence-electron chi connectivity index (χ3n) is 18.6. The Morgan fingerprint density at radius 3 is 1.57 bits per heavy atom. The Labute approximate surface area is 573 Å². The Bertz CT molecular complexity index is 3490. The van der Waals surface area contributed by atoms with Crippen molar-refractivity contribution in [2.45, 2.75) is 245 Å². The molecule has 1 aliphatic heterocycles. The van der Waals surface area contributed by atoms with Crippen LogP contribution >= 0.6 is 0 Å². The Morgan fingerprint density at radius 2 is 1.15 bits per heavy atom. The average Bonchev–Trinajstić information content (AvgIpc) is 1.61. The van der Waals surface area contributed by atoms with Gasteiger partial charge in [-0.1, -0.05) is 123 Å². The van der Waals surface area contributed by atoms with Crippen LogP contribution in [0.2, 0.25) is 0 Å². The summed E-state index contributed by atoms with van der Waals surface area (Å²) >= 11 is 0. The van der Waals surface area contributed by atoms with Gasteiger partial charge >= 0.3 is 0 Å². The maximum Gasteiger partial charge on any atom is 0.159 e. The van der Waals surface area contributed by atoms with E-state index in [0.29, 0.717) is 54.2 Å². The first-order chi connectivity index (χ1) is 45.4. The number of rotatable bonds is 21. The number of carbonyl (C=O) groups is 2. The van der Waals surface area contributed by atoms with Crippen molar-refractivity contribution in [3.8, 4) is 11.1 Å². The van der Waals surface area contributed by atoms with Crippen LogP contribution < -0.4 is 5.32 Å². The summed E-state index contributed by atoms with van der Waals surface area (Å²) in [7, 11) is 1.85. The lowest BCUT2D eigenvalue weighted by Crippen LogP contribution is -2.39. The summed E-state index contributed by atoms with van der Waals surface area (Å²) in [6.45, 7) is 44.3. The van der Waals surface area contributed by atoms with Gasteiger partial charge in [0.25, 0.3) is 0 Å². The van der Waals surface area contributed by atoms with Crippen molar-refractivity contribution in [2.75, 3.05) is 33.3 Å². The molecule has 0 amide bonds. The number of methoxy groups -OCH3 is 1. The van der Waals surface area contributed by atoms with Crippen LogP contribution in [0.3, 0.4) is 0 Å². The smallest absolute Gasteiger partial charge is 0.159 e. The normalized spacial score (nSPS) is 16.7. The van der Waals surface area contributed by atoms with E-state index in [9.17, 15) is 27.2 Å². The van der Waals surface area contributed by atoms with Crippen LogP contribution in [-0.2, 0) is 14.3 Å². The van der Waals surface area contributed by atoms with Crippen molar-refractivity contribution in [1.29, 1.82) is 5.41 Å². The number of piperidine rings is 1. The molecule has 1 saturated heterocycles. The minimum atomic E-state index is -0.791. The predicted molar refractivity (Wildman–Crippen MR) is 390 cm³/mol. The molecule has 2 N–H and O–H groups in total. The van der Waals surface area contributed by atoms with E-state index in [-0.39, 0.29) is 17.5 Å². The molecule has 530 valence electrons. The number of nitrogens with zero attached hydrogens (tertiary/aromatic N) is 6. The summed E-state index contributed by atoms with van der Waals surface area (Å²) in [5, 5.41) is 15.8. The summed E-state index contributed by atoms with van der Waals surface area (Å²) in [4.78, 5) is 34.3. The van der Waals surface area contributed by atoms with Gasteiger partial charge in [-0.2, -0.15) is 0 Å². The van der Waals surface area contributed by atoms with Crippen LogP contribution in [0.5, 0.6) is 0 Å². The number of fused-ring (bicyclic) bond motifs is 2. The molecule has 4 heterocycles. The molecule has 9 rings (SSSR count). The molecule has 96 heavy (non-hydrogen) atoms. The molecule has 0 bridgehead atoms.